The average Bonchev–Trinajstić information content (AvgIpc) is 2.18. The molecule has 1 rings (SSSR count). The Morgan fingerprint density at radius 3 is 2.64 bits per heavy atom. The van der Waals surface area contributed by atoms with Crippen molar-refractivity contribution in [2.24, 2.45) is 0 Å². The summed E-state index contributed by atoms with van der Waals surface area (Å²) in [5.41, 5.74) is -0.305. The molecule has 4 nitrogen and oxygen atoms in total. The van der Waals surface area contributed by atoms with Crippen molar-refractivity contribution >= 4 is 10.0 Å². The third-order valence-electron chi connectivity index (χ3n) is 2.87. The van der Waals surface area contributed by atoms with Crippen molar-refractivity contribution in [2.75, 3.05) is 26.0 Å². The Morgan fingerprint density at radius 2 is 2.14 bits per heavy atom. The van der Waals surface area contributed by atoms with Gasteiger partial charge in [-0.3, -0.25) is 0 Å². The molecule has 0 aromatic carbocycles. The Kier molecular flexibility index (Phi) is 3.55. The number of nitrogens with zero attached hydrogens (tertiary/aromatic N) is 1. The van der Waals surface area contributed by atoms with E-state index >= 15 is 0 Å². The van der Waals surface area contributed by atoms with E-state index in [1.807, 2.05) is 6.92 Å². The first-order valence-electron chi connectivity index (χ1n) is 4.96. The molecule has 1 unspecified atom stereocenters. The van der Waals surface area contributed by atoms with Crippen LogP contribution >= 0.6 is 0 Å². The molecule has 1 aliphatic heterocycles. The quantitative estimate of drug-likeness (QED) is 0.709. The van der Waals surface area contributed by atoms with Crippen LogP contribution in [0.5, 0.6) is 0 Å². The third-order valence-corrected chi connectivity index (χ3v) is 4.70. The molecule has 0 saturated carbocycles. The lowest BCUT2D eigenvalue weighted by Crippen LogP contribution is -2.49. The summed E-state index contributed by atoms with van der Waals surface area (Å²) in [5, 5.41) is 0. The number of ether oxygens (including phenoxy) is 1. The van der Waals surface area contributed by atoms with Gasteiger partial charge in [-0.1, -0.05) is 0 Å². The van der Waals surface area contributed by atoms with Gasteiger partial charge < -0.3 is 4.74 Å². The van der Waals surface area contributed by atoms with Crippen LogP contribution < -0.4 is 0 Å². The zero-order valence-corrected chi connectivity index (χ0v) is 9.93. The van der Waals surface area contributed by atoms with Crippen molar-refractivity contribution in [3.05, 3.63) is 0 Å². The number of piperidine rings is 1. The van der Waals surface area contributed by atoms with Crippen LogP contribution in [0.1, 0.15) is 26.7 Å². The lowest BCUT2D eigenvalue weighted by molar-refractivity contribution is -0.0319. The lowest BCUT2D eigenvalue weighted by atomic mass is 9.96. The lowest BCUT2D eigenvalue weighted by Gasteiger charge is -2.38. The molecule has 14 heavy (non-hydrogen) atoms. The van der Waals surface area contributed by atoms with E-state index in [2.05, 4.69) is 0 Å². The third kappa shape index (κ3) is 2.46. The molecule has 0 aromatic heterocycles. The van der Waals surface area contributed by atoms with Gasteiger partial charge >= 0.3 is 0 Å². The minimum atomic E-state index is -3.05. The largest absolute Gasteiger partial charge is 0.377 e. The molecule has 1 saturated heterocycles. The van der Waals surface area contributed by atoms with Crippen LogP contribution in [0.4, 0.5) is 0 Å². The van der Waals surface area contributed by atoms with Gasteiger partial charge in [-0.15, -0.1) is 0 Å². The maximum atomic E-state index is 11.6. The molecule has 5 heteroatoms. The Bertz CT molecular complexity index is 288. The van der Waals surface area contributed by atoms with Gasteiger partial charge in [0.15, 0.2) is 0 Å². The highest BCUT2D eigenvalue weighted by molar-refractivity contribution is 7.89. The molecule has 0 bridgehead atoms. The molecule has 1 heterocycles. The van der Waals surface area contributed by atoms with Crippen LogP contribution in [0.2, 0.25) is 0 Å². The van der Waals surface area contributed by atoms with E-state index in [1.165, 1.54) is 0 Å². The first-order valence-corrected chi connectivity index (χ1v) is 6.57. The summed E-state index contributed by atoms with van der Waals surface area (Å²) in [5.74, 6) is 0.173. The Balaban J connectivity index is 2.75. The molecule has 1 atom stereocenters. The molecule has 0 radical (unpaired) electrons. The normalized spacial score (nSPS) is 30.5. The highest BCUT2D eigenvalue weighted by atomic mass is 32.2. The molecule has 0 aliphatic carbocycles. The number of rotatable bonds is 3. The van der Waals surface area contributed by atoms with Gasteiger partial charge in [0.1, 0.15) is 0 Å². The molecular weight excluding hydrogens is 202 g/mol. The number of sulfonamides is 1. The minimum absolute atomic E-state index is 0.173. The maximum Gasteiger partial charge on any atom is 0.213 e. The SMILES string of the molecule is CCS(=O)(=O)N1CCCC(C)(OC)C1. The highest BCUT2D eigenvalue weighted by Gasteiger charge is 2.35. The summed E-state index contributed by atoms with van der Waals surface area (Å²) in [6.07, 6.45) is 1.81. The summed E-state index contributed by atoms with van der Waals surface area (Å²) in [7, 11) is -1.41. The van der Waals surface area contributed by atoms with Crippen molar-refractivity contribution in [3.63, 3.8) is 0 Å². The minimum Gasteiger partial charge on any atom is -0.377 e. The number of methoxy groups -OCH3 is 1. The highest BCUT2D eigenvalue weighted by Crippen LogP contribution is 2.25. The van der Waals surface area contributed by atoms with Gasteiger partial charge in [-0.2, -0.15) is 4.31 Å². The fraction of sp³-hybridized carbons (Fsp3) is 1.00. The van der Waals surface area contributed by atoms with Gasteiger partial charge in [0.05, 0.1) is 11.4 Å². The summed E-state index contributed by atoms with van der Waals surface area (Å²) < 4.78 is 30.1. The standard InChI is InChI=1S/C9H19NO3S/c1-4-14(11,12)10-7-5-6-9(2,8-10)13-3/h4-8H2,1-3H3. The van der Waals surface area contributed by atoms with Crippen molar-refractivity contribution in [3.8, 4) is 0 Å². The molecule has 0 spiro atoms. The Morgan fingerprint density at radius 1 is 1.50 bits per heavy atom. The van der Waals surface area contributed by atoms with Crippen molar-refractivity contribution < 1.29 is 13.2 Å². The van der Waals surface area contributed by atoms with Crippen LogP contribution in [-0.2, 0) is 14.8 Å². The molecular formula is C9H19NO3S. The van der Waals surface area contributed by atoms with Gasteiger partial charge in [0.25, 0.3) is 0 Å². The zero-order chi connectivity index (χ0) is 10.8. The van der Waals surface area contributed by atoms with E-state index in [4.69, 9.17) is 4.74 Å². The van der Waals surface area contributed by atoms with E-state index in [1.54, 1.807) is 18.3 Å². The van der Waals surface area contributed by atoms with Gasteiger partial charge in [-0.25, -0.2) is 8.42 Å². The van der Waals surface area contributed by atoms with Crippen LogP contribution in [-0.4, -0.2) is 44.3 Å². The molecule has 0 amide bonds. The Labute approximate surface area is 86.3 Å². The van der Waals surface area contributed by atoms with Gasteiger partial charge in [0.2, 0.25) is 10.0 Å². The zero-order valence-electron chi connectivity index (χ0n) is 9.12. The molecule has 0 aromatic rings. The first-order chi connectivity index (χ1) is 6.43. The average molecular weight is 221 g/mol. The van der Waals surface area contributed by atoms with Crippen molar-refractivity contribution in [1.82, 2.24) is 4.31 Å². The topological polar surface area (TPSA) is 46.6 Å². The first kappa shape index (κ1) is 11.9. The predicted octanol–water partition coefficient (Wildman–Crippen LogP) is 0.837. The van der Waals surface area contributed by atoms with Gasteiger partial charge in [-0.05, 0) is 26.7 Å². The number of hydrogen-bond donors (Lipinski definition) is 0. The molecule has 84 valence electrons. The van der Waals surface area contributed by atoms with E-state index in [0.717, 1.165) is 12.8 Å². The Hall–Kier alpha value is -0.130. The summed E-state index contributed by atoms with van der Waals surface area (Å²) in [6.45, 7) is 4.76. The van der Waals surface area contributed by atoms with Crippen molar-refractivity contribution in [2.45, 2.75) is 32.3 Å². The van der Waals surface area contributed by atoms with E-state index in [-0.39, 0.29) is 11.4 Å². The van der Waals surface area contributed by atoms with Crippen LogP contribution in [0.3, 0.4) is 0 Å². The number of hydrogen-bond acceptors (Lipinski definition) is 3. The molecule has 1 fully saturated rings. The molecule has 1 aliphatic rings. The van der Waals surface area contributed by atoms with E-state index < -0.39 is 10.0 Å². The summed E-state index contributed by atoms with van der Waals surface area (Å²) in [4.78, 5) is 0. The smallest absolute Gasteiger partial charge is 0.213 e. The van der Waals surface area contributed by atoms with Crippen LogP contribution in [0.15, 0.2) is 0 Å². The molecule has 0 N–H and O–H groups in total. The van der Waals surface area contributed by atoms with E-state index in [0.29, 0.717) is 13.1 Å². The van der Waals surface area contributed by atoms with Crippen LogP contribution in [0.25, 0.3) is 0 Å². The van der Waals surface area contributed by atoms with Gasteiger partial charge in [0, 0.05) is 20.2 Å². The maximum absolute atomic E-state index is 11.6. The fourth-order valence-electron chi connectivity index (χ4n) is 1.75. The summed E-state index contributed by atoms with van der Waals surface area (Å²) >= 11 is 0. The second-order valence-electron chi connectivity index (χ2n) is 3.99. The van der Waals surface area contributed by atoms with E-state index in [9.17, 15) is 8.42 Å². The second kappa shape index (κ2) is 4.16. The van der Waals surface area contributed by atoms with Crippen LogP contribution in [0, 0.1) is 0 Å². The monoisotopic (exact) mass is 221 g/mol. The fourth-order valence-corrected chi connectivity index (χ4v) is 2.99. The second-order valence-corrected chi connectivity index (χ2v) is 6.25. The van der Waals surface area contributed by atoms with Crippen molar-refractivity contribution in [1.29, 1.82) is 0 Å². The summed E-state index contributed by atoms with van der Waals surface area (Å²) in [6, 6.07) is 0. The predicted molar refractivity (Wildman–Crippen MR) is 55.7 cm³/mol.